The Labute approximate surface area is 121 Å². The first-order valence-electron chi connectivity index (χ1n) is 6.30. The number of aromatic nitrogens is 2. The fourth-order valence-corrected chi connectivity index (χ4v) is 2.36. The highest BCUT2D eigenvalue weighted by atomic mass is 35.5. The molecular weight excluding hydrogens is 274 g/mol. The van der Waals surface area contributed by atoms with Crippen molar-refractivity contribution in [2.45, 2.75) is 13.5 Å². The van der Waals surface area contributed by atoms with Crippen LogP contribution in [0.3, 0.4) is 0 Å². The van der Waals surface area contributed by atoms with Crippen molar-refractivity contribution in [3.63, 3.8) is 0 Å². The molecule has 0 aliphatic rings. The smallest absolute Gasteiger partial charge is 0.137 e. The number of phenolic OH excluding ortho intramolecular Hbond substituents is 1. The molecule has 0 aliphatic carbocycles. The largest absolute Gasteiger partial charge is 0.506 e. The van der Waals surface area contributed by atoms with Gasteiger partial charge in [0.15, 0.2) is 0 Å². The molecule has 0 aliphatic heterocycles. The Morgan fingerprint density at radius 1 is 1.30 bits per heavy atom. The molecule has 2 heterocycles. The van der Waals surface area contributed by atoms with E-state index in [-0.39, 0.29) is 5.75 Å². The van der Waals surface area contributed by atoms with Crippen molar-refractivity contribution in [3.05, 3.63) is 59.0 Å². The van der Waals surface area contributed by atoms with Crippen LogP contribution in [0.1, 0.15) is 11.4 Å². The van der Waals surface area contributed by atoms with Gasteiger partial charge in [-0.15, -0.1) is 0 Å². The number of nitrogens with zero attached hydrogens (tertiary/aromatic N) is 2. The van der Waals surface area contributed by atoms with Crippen molar-refractivity contribution in [1.29, 1.82) is 0 Å². The lowest BCUT2D eigenvalue weighted by Crippen LogP contribution is -2.03. The monoisotopic (exact) mass is 287 g/mol. The SMILES string of the molecule is Cc1nc2ccccn2c1CNc1ccc(O)c(Cl)c1. The van der Waals surface area contributed by atoms with Gasteiger partial charge in [0.2, 0.25) is 0 Å². The summed E-state index contributed by atoms with van der Waals surface area (Å²) in [6.45, 7) is 2.63. The van der Waals surface area contributed by atoms with Crippen LogP contribution in [0.5, 0.6) is 5.75 Å². The van der Waals surface area contributed by atoms with E-state index in [1.807, 2.05) is 31.3 Å². The quantitative estimate of drug-likeness (QED) is 0.724. The number of benzene rings is 1. The van der Waals surface area contributed by atoms with E-state index in [1.54, 1.807) is 18.2 Å². The standard InChI is InChI=1S/C15H14ClN3O/c1-10-13(19-7-3-2-4-15(19)18-10)9-17-11-5-6-14(20)12(16)8-11/h2-8,17,20H,9H2,1H3. The normalized spacial score (nSPS) is 10.9. The molecule has 2 N–H and O–H groups in total. The van der Waals surface area contributed by atoms with E-state index < -0.39 is 0 Å². The van der Waals surface area contributed by atoms with Gasteiger partial charge in [-0.1, -0.05) is 17.7 Å². The highest BCUT2D eigenvalue weighted by Crippen LogP contribution is 2.26. The number of rotatable bonds is 3. The van der Waals surface area contributed by atoms with Crippen LogP contribution >= 0.6 is 11.6 Å². The Morgan fingerprint density at radius 2 is 2.15 bits per heavy atom. The first-order valence-corrected chi connectivity index (χ1v) is 6.68. The maximum atomic E-state index is 9.41. The fraction of sp³-hybridized carbons (Fsp3) is 0.133. The third-order valence-corrected chi connectivity index (χ3v) is 3.54. The van der Waals surface area contributed by atoms with E-state index in [0.29, 0.717) is 11.6 Å². The first kappa shape index (κ1) is 12.8. The van der Waals surface area contributed by atoms with Crippen LogP contribution in [-0.4, -0.2) is 14.5 Å². The lowest BCUT2D eigenvalue weighted by Gasteiger charge is -2.08. The van der Waals surface area contributed by atoms with E-state index >= 15 is 0 Å². The molecule has 3 aromatic rings. The molecule has 20 heavy (non-hydrogen) atoms. The van der Waals surface area contributed by atoms with Crippen LogP contribution in [0.25, 0.3) is 5.65 Å². The van der Waals surface area contributed by atoms with Crippen LogP contribution in [-0.2, 0) is 6.54 Å². The number of aryl methyl sites for hydroxylation is 1. The fourth-order valence-electron chi connectivity index (χ4n) is 2.18. The van der Waals surface area contributed by atoms with Crippen LogP contribution in [0, 0.1) is 6.92 Å². The topological polar surface area (TPSA) is 49.6 Å². The molecule has 3 rings (SSSR count). The van der Waals surface area contributed by atoms with Gasteiger partial charge in [-0.05, 0) is 37.3 Å². The van der Waals surface area contributed by atoms with Crippen LogP contribution in [0.15, 0.2) is 42.6 Å². The molecule has 0 spiro atoms. The van der Waals surface area contributed by atoms with Crippen LogP contribution in [0.2, 0.25) is 5.02 Å². The number of hydrogen-bond acceptors (Lipinski definition) is 3. The number of anilines is 1. The van der Waals surface area contributed by atoms with E-state index in [2.05, 4.69) is 14.7 Å². The maximum absolute atomic E-state index is 9.41. The van der Waals surface area contributed by atoms with Crippen molar-refractivity contribution >= 4 is 22.9 Å². The zero-order valence-electron chi connectivity index (χ0n) is 11.0. The number of imidazole rings is 1. The van der Waals surface area contributed by atoms with Gasteiger partial charge in [0.05, 0.1) is 23.0 Å². The number of fused-ring (bicyclic) bond motifs is 1. The van der Waals surface area contributed by atoms with Gasteiger partial charge in [0.1, 0.15) is 11.4 Å². The molecule has 0 radical (unpaired) electrons. The summed E-state index contributed by atoms with van der Waals surface area (Å²) in [5.74, 6) is 0.0863. The molecule has 102 valence electrons. The van der Waals surface area contributed by atoms with Gasteiger partial charge >= 0.3 is 0 Å². The molecule has 0 saturated carbocycles. The molecule has 0 saturated heterocycles. The molecule has 0 atom stereocenters. The number of aromatic hydroxyl groups is 1. The van der Waals surface area contributed by atoms with E-state index in [9.17, 15) is 5.11 Å². The minimum Gasteiger partial charge on any atom is -0.506 e. The molecule has 2 aromatic heterocycles. The highest BCUT2D eigenvalue weighted by molar-refractivity contribution is 6.32. The number of phenols is 1. The average molecular weight is 288 g/mol. The lowest BCUT2D eigenvalue weighted by atomic mass is 10.3. The van der Waals surface area contributed by atoms with Crippen LogP contribution < -0.4 is 5.32 Å². The van der Waals surface area contributed by atoms with Crippen molar-refractivity contribution in [1.82, 2.24) is 9.38 Å². The third kappa shape index (κ3) is 2.30. The van der Waals surface area contributed by atoms with Gasteiger partial charge in [-0.2, -0.15) is 0 Å². The molecule has 0 amide bonds. The molecule has 0 unspecified atom stereocenters. The second kappa shape index (κ2) is 5.06. The summed E-state index contributed by atoms with van der Waals surface area (Å²) in [4.78, 5) is 4.51. The summed E-state index contributed by atoms with van der Waals surface area (Å²) in [6.07, 6.45) is 2.00. The summed E-state index contributed by atoms with van der Waals surface area (Å²) >= 11 is 5.89. The molecule has 5 heteroatoms. The lowest BCUT2D eigenvalue weighted by molar-refractivity contribution is 0.475. The summed E-state index contributed by atoms with van der Waals surface area (Å²) in [6, 6.07) is 11.0. The van der Waals surface area contributed by atoms with Crippen molar-refractivity contribution in [3.8, 4) is 5.75 Å². The molecule has 0 fully saturated rings. The minimum absolute atomic E-state index is 0.0863. The van der Waals surface area contributed by atoms with Gasteiger partial charge in [-0.25, -0.2) is 4.98 Å². The van der Waals surface area contributed by atoms with Crippen LogP contribution in [0.4, 0.5) is 5.69 Å². The number of hydrogen-bond donors (Lipinski definition) is 2. The van der Waals surface area contributed by atoms with Gasteiger partial charge in [0, 0.05) is 11.9 Å². The second-order valence-electron chi connectivity index (χ2n) is 4.59. The Balaban J connectivity index is 1.86. The summed E-state index contributed by atoms with van der Waals surface area (Å²) < 4.78 is 2.06. The third-order valence-electron chi connectivity index (χ3n) is 3.24. The Bertz CT molecular complexity index is 767. The van der Waals surface area contributed by atoms with Crippen molar-refractivity contribution in [2.24, 2.45) is 0 Å². The Kier molecular flexibility index (Phi) is 3.24. The number of nitrogens with one attached hydrogen (secondary N) is 1. The van der Waals surface area contributed by atoms with Crippen molar-refractivity contribution in [2.75, 3.05) is 5.32 Å². The average Bonchev–Trinajstić information content (AvgIpc) is 2.76. The number of halogens is 1. The predicted molar refractivity (Wildman–Crippen MR) is 80.4 cm³/mol. The Morgan fingerprint density at radius 3 is 2.95 bits per heavy atom. The molecular formula is C15H14ClN3O. The molecule has 0 bridgehead atoms. The van der Waals surface area contributed by atoms with Crippen molar-refractivity contribution < 1.29 is 5.11 Å². The maximum Gasteiger partial charge on any atom is 0.137 e. The Hall–Kier alpha value is -2.20. The minimum atomic E-state index is 0.0863. The second-order valence-corrected chi connectivity index (χ2v) is 5.00. The van der Waals surface area contributed by atoms with Gasteiger partial charge in [-0.3, -0.25) is 0 Å². The van der Waals surface area contributed by atoms with Gasteiger partial charge in [0.25, 0.3) is 0 Å². The highest BCUT2D eigenvalue weighted by Gasteiger charge is 2.08. The zero-order valence-corrected chi connectivity index (χ0v) is 11.7. The molecule has 4 nitrogen and oxygen atoms in total. The van der Waals surface area contributed by atoms with E-state index in [0.717, 1.165) is 22.7 Å². The summed E-state index contributed by atoms with van der Waals surface area (Å²) in [5.41, 5.74) is 3.89. The predicted octanol–water partition coefficient (Wildman–Crippen LogP) is 3.61. The van der Waals surface area contributed by atoms with Gasteiger partial charge < -0.3 is 14.8 Å². The van der Waals surface area contributed by atoms with E-state index in [4.69, 9.17) is 11.6 Å². The summed E-state index contributed by atoms with van der Waals surface area (Å²) in [7, 11) is 0. The number of pyridine rings is 1. The first-order chi connectivity index (χ1) is 9.65. The zero-order chi connectivity index (χ0) is 14.1. The molecule has 1 aromatic carbocycles. The summed E-state index contributed by atoms with van der Waals surface area (Å²) in [5, 5.41) is 13.0. The van der Waals surface area contributed by atoms with E-state index in [1.165, 1.54) is 0 Å².